The number of nitroso groups, excluding NO2 is 1. The van der Waals surface area contributed by atoms with Crippen LogP contribution in [0.25, 0.3) is 0 Å². The van der Waals surface area contributed by atoms with Crippen LogP contribution in [0.1, 0.15) is 15.9 Å². The van der Waals surface area contributed by atoms with Crippen LogP contribution in [-0.2, 0) is 0 Å². The molecule has 0 saturated carbocycles. The molecule has 13 heavy (non-hydrogen) atoms. The Morgan fingerprint density at radius 1 is 1.54 bits per heavy atom. The number of phenols is 1. The second kappa shape index (κ2) is 3.45. The lowest BCUT2D eigenvalue weighted by molar-refractivity contribution is 0.100. The Morgan fingerprint density at radius 2 is 2.23 bits per heavy atom. The van der Waals surface area contributed by atoms with E-state index in [4.69, 9.17) is 10.4 Å². The molecule has 5 nitrogen and oxygen atoms in total. The molecule has 0 spiro atoms. The van der Waals surface area contributed by atoms with Crippen LogP contribution in [0.5, 0.6) is 5.75 Å². The van der Waals surface area contributed by atoms with E-state index in [1.807, 2.05) is 0 Å². The summed E-state index contributed by atoms with van der Waals surface area (Å²) in [6.07, 6.45) is 0. The summed E-state index contributed by atoms with van der Waals surface area (Å²) in [6.45, 7) is 0. The summed E-state index contributed by atoms with van der Waals surface area (Å²) in [7, 11) is 0. The van der Waals surface area contributed by atoms with Gasteiger partial charge in [-0.15, -0.1) is 4.91 Å². The van der Waals surface area contributed by atoms with Crippen molar-refractivity contribution in [2.75, 3.05) is 0 Å². The largest absolute Gasteiger partial charge is 0.507 e. The minimum Gasteiger partial charge on any atom is -0.507 e. The standard InChI is InChI=1S/C8H4N2O3/c9-4-6-2-1-5(3-7(6)11)8(12)10-13/h1-3,11H. The van der Waals surface area contributed by atoms with Crippen LogP contribution in [-0.4, -0.2) is 11.0 Å². The van der Waals surface area contributed by atoms with Gasteiger partial charge >= 0.3 is 5.91 Å². The SMILES string of the molecule is N#Cc1ccc(C(=O)N=O)cc1O. The number of nitrogens with zero attached hydrogens (tertiary/aromatic N) is 2. The van der Waals surface area contributed by atoms with E-state index in [0.29, 0.717) is 0 Å². The molecule has 0 unspecified atom stereocenters. The first-order valence-corrected chi connectivity index (χ1v) is 3.30. The molecule has 1 N–H and O–H groups in total. The zero-order valence-electron chi connectivity index (χ0n) is 6.39. The zero-order chi connectivity index (χ0) is 9.84. The van der Waals surface area contributed by atoms with Crippen LogP contribution in [0.15, 0.2) is 23.4 Å². The van der Waals surface area contributed by atoms with Crippen molar-refractivity contribution in [2.24, 2.45) is 5.18 Å². The van der Waals surface area contributed by atoms with Gasteiger partial charge in [-0.3, -0.25) is 4.79 Å². The molecule has 0 saturated heterocycles. The Kier molecular flexibility index (Phi) is 2.36. The smallest absolute Gasteiger partial charge is 0.316 e. The Bertz CT molecular complexity index is 406. The normalized spacial score (nSPS) is 8.85. The predicted molar refractivity (Wildman–Crippen MR) is 42.9 cm³/mol. The van der Waals surface area contributed by atoms with Gasteiger partial charge < -0.3 is 5.11 Å². The minimum absolute atomic E-state index is 0.0356. The van der Waals surface area contributed by atoms with Gasteiger partial charge in [0, 0.05) is 10.7 Å². The van der Waals surface area contributed by atoms with Crippen molar-refractivity contribution >= 4 is 5.91 Å². The molecule has 64 valence electrons. The van der Waals surface area contributed by atoms with Crippen LogP contribution in [0.4, 0.5) is 0 Å². The van der Waals surface area contributed by atoms with Gasteiger partial charge in [0.25, 0.3) is 0 Å². The molecule has 0 radical (unpaired) electrons. The summed E-state index contributed by atoms with van der Waals surface area (Å²) in [5, 5.41) is 19.7. The number of amides is 1. The first-order valence-electron chi connectivity index (χ1n) is 3.30. The van der Waals surface area contributed by atoms with E-state index >= 15 is 0 Å². The minimum atomic E-state index is -0.972. The Morgan fingerprint density at radius 3 is 2.69 bits per heavy atom. The van der Waals surface area contributed by atoms with Crippen molar-refractivity contribution in [1.29, 1.82) is 5.26 Å². The maximum atomic E-state index is 10.7. The fourth-order valence-electron chi connectivity index (χ4n) is 0.812. The quantitative estimate of drug-likeness (QED) is 0.650. The van der Waals surface area contributed by atoms with Crippen molar-refractivity contribution in [2.45, 2.75) is 0 Å². The topological polar surface area (TPSA) is 90.5 Å². The number of rotatable bonds is 1. The van der Waals surface area contributed by atoms with Crippen LogP contribution in [0.2, 0.25) is 0 Å². The number of benzene rings is 1. The molecule has 0 bridgehead atoms. The van der Waals surface area contributed by atoms with Gasteiger partial charge in [-0.1, -0.05) is 0 Å². The lowest BCUT2D eigenvalue weighted by Gasteiger charge is -1.96. The van der Waals surface area contributed by atoms with E-state index in [9.17, 15) is 9.70 Å². The lowest BCUT2D eigenvalue weighted by Crippen LogP contribution is -1.93. The van der Waals surface area contributed by atoms with Gasteiger partial charge in [0.15, 0.2) is 0 Å². The van der Waals surface area contributed by atoms with Crippen LogP contribution >= 0.6 is 0 Å². The van der Waals surface area contributed by atoms with E-state index in [1.54, 1.807) is 6.07 Å². The first kappa shape index (κ1) is 8.87. The average molecular weight is 176 g/mol. The summed E-state index contributed by atoms with van der Waals surface area (Å²) in [5.41, 5.74) is 0.00829. The van der Waals surface area contributed by atoms with Gasteiger partial charge in [-0.25, -0.2) is 0 Å². The zero-order valence-corrected chi connectivity index (χ0v) is 6.39. The van der Waals surface area contributed by atoms with Crippen molar-refractivity contribution < 1.29 is 9.90 Å². The summed E-state index contributed by atoms with van der Waals surface area (Å²) < 4.78 is 0. The number of hydrogen-bond donors (Lipinski definition) is 1. The monoisotopic (exact) mass is 176 g/mol. The van der Waals surface area contributed by atoms with Crippen LogP contribution < -0.4 is 0 Å². The van der Waals surface area contributed by atoms with Crippen LogP contribution in [0, 0.1) is 16.2 Å². The summed E-state index contributed by atoms with van der Waals surface area (Å²) in [5.74, 6) is -1.31. The summed E-state index contributed by atoms with van der Waals surface area (Å²) >= 11 is 0. The average Bonchev–Trinajstić information content (AvgIpc) is 2.16. The van der Waals surface area contributed by atoms with E-state index in [2.05, 4.69) is 5.18 Å². The Balaban J connectivity index is 3.18. The maximum Gasteiger partial charge on any atom is 0.316 e. The predicted octanol–water partition coefficient (Wildman–Crippen LogP) is 1.17. The fraction of sp³-hybridized carbons (Fsp3) is 0. The van der Waals surface area contributed by atoms with Crippen molar-refractivity contribution in [1.82, 2.24) is 0 Å². The highest BCUT2D eigenvalue weighted by atomic mass is 16.3. The van der Waals surface area contributed by atoms with Gasteiger partial charge in [0.2, 0.25) is 0 Å². The van der Waals surface area contributed by atoms with Gasteiger partial charge in [0.05, 0.1) is 5.56 Å². The molecule has 0 heterocycles. The molecule has 0 aliphatic carbocycles. The molecule has 1 aromatic carbocycles. The van der Waals surface area contributed by atoms with Gasteiger partial charge in [0.1, 0.15) is 11.8 Å². The lowest BCUT2D eigenvalue weighted by atomic mass is 10.1. The third-order valence-corrected chi connectivity index (χ3v) is 1.45. The molecular formula is C8H4N2O3. The molecule has 5 heteroatoms. The third kappa shape index (κ3) is 1.68. The molecule has 0 aromatic heterocycles. The molecular weight excluding hydrogens is 172 g/mol. The van der Waals surface area contributed by atoms with E-state index in [1.165, 1.54) is 12.1 Å². The molecule has 0 aliphatic heterocycles. The molecule has 1 rings (SSSR count). The van der Waals surface area contributed by atoms with Gasteiger partial charge in [-0.05, 0) is 18.2 Å². The molecule has 0 atom stereocenters. The molecule has 0 fully saturated rings. The fourth-order valence-corrected chi connectivity index (χ4v) is 0.812. The second-order valence-corrected chi connectivity index (χ2v) is 2.24. The molecule has 1 aromatic rings. The summed E-state index contributed by atoms with van der Waals surface area (Å²) in [6, 6.07) is 5.24. The third-order valence-electron chi connectivity index (χ3n) is 1.45. The number of hydrogen-bond acceptors (Lipinski definition) is 4. The van der Waals surface area contributed by atoms with Gasteiger partial charge in [-0.2, -0.15) is 5.26 Å². The highest BCUT2D eigenvalue weighted by Crippen LogP contribution is 2.17. The number of phenolic OH excluding ortho intramolecular Hbond substituents is 1. The molecule has 0 aliphatic rings. The maximum absolute atomic E-state index is 10.7. The second-order valence-electron chi connectivity index (χ2n) is 2.24. The Hall–Kier alpha value is -2.22. The van der Waals surface area contributed by atoms with E-state index in [0.717, 1.165) is 6.07 Å². The van der Waals surface area contributed by atoms with E-state index in [-0.39, 0.29) is 16.9 Å². The molecule has 1 amide bonds. The summed E-state index contributed by atoms with van der Waals surface area (Å²) in [4.78, 5) is 20.5. The number of carbonyl (C=O) groups is 1. The van der Waals surface area contributed by atoms with Crippen molar-refractivity contribution in [3.8, 4) is 11.8 Å². The highest BCUT2D eigenvalue weighted by Gasteiger charge is 2.08. The van der Waals surface area contributed by atoms with E-state index < -0.39 is 5.91 Å². The first-order chi connectivity index (χ1) is 6.19. The number of nitriles is 1. The number of aromatic hydroxyl groups is 1. The van der Waals surface area contributed by atoms with Crippen molar-refractivity contribution in [3.63, 3.8) is 0 Å². The number of carbonyl (C=O) groups excluding carboxylic acids is 1. The van der Waals surface area contributed by atoms with Crippen LogP contribution in [0.3, 0.4) is 0 Å². The highest BCUT2D eigenvalue weighted by molar-refractivity contribution is 5.95. The Labute approximate surface area is 73.2 Å². The van der Waals surface area contributed by atoms with Crippen molar-refractivity contribution in [3.05, 3.63) is 34.2 Å².